The van der Waals surface area contributed by atoms with Crippen LogP contribution in [-0.2, 0) is 4.79 Å². The smallest absolute Gasteiger partial charge is 0.336 e. The number of hydrogen-bond acceptors (Lipinski definition) is 6. The minimum Gasteiger partial charge on any atom is -0.478 e. The lowest BCUT2D eigenvalue weighted by atomic mass is 9.98. The number of aromatic carboxylic acids is 1. The minimum atomic E-state index is -1.10. The predicted molar refractivity (Wildman–Crippen MR) is 166 cm³/mol. The summed E-state index contributed by atoms with van der Waals surface area (Å²) < 4.78 is 0. The Bertz CT molecular complexity index is 1770. The lowest BCUT2D eigenvalue weighted by molar-refractivity contribution is -0.115. The van der Waals surface area contributed by atoms with E-state index in [0.29, 0.717) is 21.6 Å². The quantitative estimate of drug-likeness (QED) is 0.162. The maximum Gasteiger partial charge on any atom is 0.336 e. The van der Waals surface area contributed by atoms with Crippen molar-refractivity contribution >= 4 is 62.5 Å². The van der Waals surface area contributed by atoms with Crippen molar-refractivity contribution in [3.05, 3.63) is 106 Å². The van der Waals surface area contributed by atoms with Crippen LogP contribution in [0.3, 0.4) is 0 Å². The summed E-state index contributed by atoms with van der Waals surface area (Å²) in [5.41, 5.74) is 3.92. The molecule has 0 fully saturated rings. The molecule has 5 aromatic rings. The van der Waals surface area contributed by atoms with Gasteiger partial charge in [0, 0.05) is 32.0 Å². The molecule has 3 N–H and O–H groups in total. The highest BCUT2D eigenvalue weighted by Gasteiger charge is 2.19. The maximum atomic E-state index is 13.2. The van der Waals surface area contributed by atoms with Crippen molar-refractivity contribution in [3.63, 3.8) is 0 Å². The third-order valence-corrected chi connectivity index (χ3v) is 8.49. The number of fused-ring (bicyclic) bond motifs is 1. The Balaban J connectivity index is 1.27. The van der Waals surface area contributed by atoms with Gasteiger partial charge >= 0.3 is 5.97 Å². The second-order valence-corrected chi connectivity index (χ2v) is 12.2. The maximum absolute atomic E-state index is 13.2. The second kappa shape index (κ2) is 12.0. The van der Waals surface area contributed by atoms with E-state index in [4.69, 9.17) is 0 Å². The van der Waals surface area contributed by atoms with Crippen LogP contribution in [0.15, 0.2) is 89.8 Å². The number of carboxylic acids is 1. The number of amides is 2. The van der Waals surface area contributed by atoms with Gasteiger partial charge in [-0.15, -0.1) is 23.1 Å². The number of anilines is 2. The van der Waals surface area contributed by atoms with Gasteiger partial charge in [0.2, 0.25) is 5.91 Å². The first-order valence-corrected chi connectivity index (χ1v) is 14.6. The summed E-state index contributed by atoms with van der Waals surface area (Å²) in [5, 5.41) is 16.6. The highest BCUT2D eigenvalue weighted by molar-refractivity contribution is 8.00. The van der Waals surface area contributed by atoms with Crippen LogP contribution < -0.4 is 10.6 Å². The number of nitrogens with one attached hydrogen (secondary N) is 2. The lowest BCUT2D eigenvalue weighted by Gasteiger charge is -2.13. The second-order valence-electron chi connectivity index (χ2n) is 9.54. The zero-order valence-corrected chi connectivity index (χ0v) is 24.2. The van der Waals surface area contributed by atoms with E-state index >= 15 is 0 Å². The van der Waals surface area contributed by atoms with Gasteiger partial charge in [0.15, 0.2) is 5.13 Å². The summed E-state index contributed by atoms with van der Waals surface area (Å²) in [6, 6.07) is 25.4. The van der Waals surface area contributed by atoms with Crippen LogP contribution in [0, 0.1) is 13.8 Å². The third kappa shape index (κ3) is 6.32. The van der Waals surface area contributed by atoms with Crippen LogP contribution in [0.4, 0.5) is 10.8 Å². The molecule has 5 rings (SSSR count). The van der Waals surface area contributed by atoms with Crippen LogP contribution in [0.2, 0.25) is 0 Å². The fourth-order valence-electron chi connectivity index (χ4n) is 4.45. The first-order valence-electron chi connectivity index (χ1n) is 12.9. The molecule has 2 amide bonds. The van der Waals surface area contributed by atoms with Gasteiger partial charge < -0.3 is 15.7 Å². The molecule has 0 spiro atoms. The molecule has 4 aromatic carbocycles. The summed E-state index contributed by atoms with van der Waals surface area (Å²) >= 11 is 2.80. The molecule has 41 heavy (non-hydrogen) atoms. The van der Waals surface area contributed by atoms with E-state index in [1.54, 1.807) is 48.5 Å². The SMILES string of the molecule is Cc1ccc(-c2nc(NC(=O)C(C)Sc3cccc(NC(=O)c4cccc5cccc(C(=O)O)c45)c3)sc2C)cc1. The first-order chi connectivity index (χ1) is 19.7. The van der Waals surface area contributed by atoms with Crippen LogP contribution >= 0.6 is 23.1 Å². The molecule has 0 bridgehead atoms. The zero-order chi connectivity index (χ0) is 29.1. The number of rotatable bonds is 8. The van der Waals surface area contributed by atoms with Crippen molar-refractivity contribution in [2.45, 2.75) is 30.9 Å². The van der Waals surface area contributed by atoms with Crippen molar-refractivity contribution in [3.8, 4) is 11.3 Å². The highest BCUT2D eigenvalue weighted by Crippen LogP contribution is 2.32. The van der Waals surface area contributed by atoms with Crippen LogP contribution in [0.25, 0.3) is 22.0 Å². The van der Waals surface area contributed by atoms with E-state index in [9.17, 15) is 19.5 Å². The van der Waals surface area contributed by atoms with Crippen molar-refractivity contribution in [2.24, 2.45) is 0 Å². The summed E-state index contributed by atoms with van der Waals surface area (Å²) in [5.74, 6) is -1.69. The van der Waals surface area contributed by atoms with Gasteiger partial charge in [0.25, 0.3) is 5.91 Å². The monoisotopic (exact) mass is 581 g/mol. The largest absolute Gasteiger partial charge is 0.478 e. The van der Waals surface area contributed by atoms with Gasteiger partial charge in [0.05, 0.1) is 16.5 Å². The molecule has 7 nitrogen and oxygen atoms in total. The van der Waals surface area contributed by atoms with Crippen LogP contribution in [0.1, 0.15) is 38.1 Å². The fraction of sp³-hybridized carbons (Fsp3) is 0.125. The number of nitrogens with zero attached hydrogens (tertiary/aromatic N) is 1. The molecule has 1 atom stereocenters. The number of thiazole rings is 1. The molecule has 1 unspecified atom stereocenters. The van der Waals surface area contributed by atoms with Crippen LogP contribution in [-0.4, -0.2) is 33.1 Å². The van der Waals surface area contributed by atoms with Gasteiger partial charge in [0.1, 0.15) is 0 Å². The van der Waals surface area contributed by atoms with E-state index < -0.39 is 17.1 Å². The lowest BCUT2D eigenvalue weighted by Crippen LogP contribution is -2.22. The van der Waals surface area contributed by atoms with E-state index in [1.807, 2.05) is 51.1 Å². The van der Waals surface area contributed by atoms with Gasteiger partial charge in [-0.3, -0.25) is 9.59 Å². The Morgan fingerprint density at radius 3 is 2.27 bits per heavy atom. The number of benzene rings is 4. The summed E-state index contributed by atoms with van der Waals surface area (Å²) in [4.78, 5) is 44.5. The zero-order valence-electron chi connectivity index (χ0n) is 22.6. The Hall–Kier alpha value is -4.47. The number of carboxylic acid groups (broad SMARTS) is 1. The number of carbonyl (C=O) groups excluding carboxylic acids is 2. The Morgan fingerprint density at radius 1 is 0.878 bits per heavy atom. The molecule has 0 saturated heterocycles. The average Bonchev–Trinajstić information content (AvgIpc) is 3.32. The number of hydrogen-bond donors (Lipinski definition) is 3. The Kier molecular flexibility index (Phi) is 8.19. The summed E-state index contributed by atoms with van der Waals surface area (Å²) in [7, 11) is 0. The molecule has 1 aromatic heterocycles. The Labute approximate surface area is 245 Å². The first kappa shape index (κ1) is 28.1. The number of carbonyl (C=O) groups is 3. The fourth-order valence-corrected chi connectivity index (χ4v) is 6.21. The van der Waals surface area contributed by atoms with E-state index in [0.717, 1.165) is 21.0 Å². The highest BCUT2D eigenvalue weighted by atomic mass is 32.2. The molecule has 0 aliphatic carbocycles. The van der Waals surface area contributed by atoms with Crippen LogP contribution in [0.5, 0.6) is 0 Å². The van der Waals surface area contributed by atoms with Crippen molar-refractivity contribution in [1.29, 1.82) is 0 Å². The average molecular weight is 582 g/mol. The Morgan fingerprint density at radius 2 is 1.56 bits per heavy atom. The molecular weight excluding hydrogens is 555 g/mol. The van der Waals surface area contributed by atoms with E-state index in [1.165, 1.54) is 34.7 Å². The molecule has 9 heteroatoms. The summed E-state index contributed by atoms with van der Waals surface area (Å²) in [6.45, 7) is 5.84. The van der Waals surface area contributed by atoms with Gasteiger partial charge in [-0.2, -0.15) is 0 Å². The normalized spacial score (nSPS) is 11.7. The molecule has 0 saturated carbocycles. The predicted octanol–water partition coefficient (Wildman–Crippen LogP) is 7.65. The summed E-state index contributed by atoms with van der Waals surface area (Å²) in [6.07, 6.45) is 0. The number of aryl methyl sites for hydroxylation is 2. The molecule has 206 valence electrons. The standard InChI is InChI=1S/C32H27N3O4S2/c1-18-13-15-22(16-14-18)28-19(2)41-32(34-28)35-29(36)20(3)40-24-10-6-9-23(17-24)33-30(37)25-11-4-7-21-8-5-12-26(27(21)25)31(38)39/h4-17,20H,1-3H3,(H,33,37)(H,38,39)(H,34,35,36). The van der Waals surface area contributed by atoms with Crippen molar-refractivity contribution < 1.29 is 19.5 Å². The topological polar surface area (TPSA) is 108 Å². The molecule has 0 aliphatic rings. The van der Waals surface area contributed by atoms with Gasteiger partial charge in [-0.25, -0.2) is 9.78 Å². The van der Waals surface area contributed by atoms with Crippen molar-refractivity contribution in [1.82, 2.24) is 4.98 Å². The van der Waals surface area contributed by atoms with Gasteiger partial charge in [-0.1, -0.05) is 60.2 Å². The molecule has 0 radical (unpaired) electrons. The molecule has 1 heterocycles. The minimum absolute atomic E-state index is 0.0683. The van der Waals surface area contributed by atoms with Crippen molar-refractivity contribution in [2.75, 3.05) is 10.6 Å². The molecular formula is C32H27N3O4S2. The van der Waals surface area contributed by atoms with E-state index in [-0.39, 0.29) is 17.0 Å². The third-order valence-electron chi connectivity index (χ3n) is 6.51. The molecule has 0 aliphatic heterocycles. The number of thioether (sulfide) groups is 1. The number of aromatic nitrogens is 1. The van der Waals surface area contributed by atoms with E-state index in [2.05, 4.69) is 15.6 Å². The van der Waals surface area contributed by atoms with Gasteiger partial charge in [-0.05, 0) is 56.5 Å².